The number of hydrogen-bond acceptors (Lipinski definition) is 3. The van der Waals surface area contributed by atoms with E-state index in [4.69, 9.17) is 23.2 Å². The van der Waals surface area contributed by atoms with E-state index < -0.39 is 11.5 Å². The van der Waals surface area contributed by atoms with Crippen LogP contribution >= 0.6 is 23.2 Å². The maximum absolute atomic E-state index is 13.0. The number of carbonyl (C=O) groups is 1. The van der Waals surface area contributed by atoms with Gasteiger partial charge in [0.05, 0.1) is 22.2 Å². The summed E-state index contributed by atoms with van der Waals surface area (Å²) in [6, 6.07) is 11.1. The minimum Gasteiger partial charge on any atom is -0.387 e. The van der Waals surface area contributed by atoms with Crippen LogP contribution in [0.2, 0.25) is 10.0 Å². The highest BCUT2D eigenvalue weighted by Crippen LogP contribution is 2.44. The number of allylic oxidation sites excluding steroid dienone is 1. The Morgan fingerprint density at radius 1 is 1.33 bits per heavy atom. The zero-order chi connectivity index (χ0) is 21.9. The van der Waals surface area contributed by atoms with Crippen LogP contribution in [0.1, 0.15) is 56.4 Å². The number of benzene rings is 1. The van der Waals surface area contributed by atoms with Crippen molar-refractivity contribution in [2.45, 2.75) is 51.2 Å². The Kier molecular flexibility index (Phi) is 7.22. The highest BCUT2D eigenvalue weighted by Gasteiger charge is 2.45. The van der Waals surface area contributed by atoms with Crippen molar-refractivity contribution in [1.29, 1.82) is 0 Å². The zero-order valence-corrected chi connectivity index (χ0v) is 18.8. The number of hydrogen-bond donors (Lipinski definition) is 2. The van der Waals surface area contributed by atoms with E-state index in [1.807, 2.05) is 25.1 Å². The van der Waals surface area contributed by atoms with Crippen LogP contribution in [0.25, 0.3) is 0 Å². The summed E-state index contributed by atoms with van der Waals surface area (Å²) in [4.78, 5) is 17.2. The maximum Gasteiger partial charge on any atom is 0.226 e. The van der Waals surface area contributed by atoms with E-state index in [9.17, 15) is 9.90 Å². The lowest BCUT2D eigenvalue weighted by Crippen LogP contribution is -2.55. The monoisotopic (exact) mass is 446 g/mol. The molecule has 1 aliphatic rings. The first kappa shape index (κ1) is 22.8. The van der Waals surface area contributed by atoms with Crippen molar-refractivity contribution in [3.8, 4) is 0 Å². The molecule has 1 saturated heterocycles. The standard InChI is InChI=1S/C24H28Cl2N2O2/c1-4-10-24(3)13-19(16-6-5-7-17(25)12-16)22(28-23(24)30)15(2)11-21(29)20-9-8-18(26)14-27-20/h4-9,12,14-15,19,21-22,29H,1,10-11,13H2,2-3H3,(H,28,30)/t15?,19-,21+,22+,24?/m1/s1. The molecule has 4 nitrogen and oxygen atoms in total. The number of amides is 1. The zero-order valence-electron chi connectivity index (χ0n) is 17.3. The predicted molar refractivity (Wildman–Crippen MR) is 122 cm³/mol. The first-order valence-electron chi connectivity index (χ1n) is 10.2. The van der Waals surface area contributed by atoms with Gasteiger partial charge >= 0.3 is 0 Å². The molecular formula is C24H28Cl2N2O2. The fourth-order valence-electron chi connectivity index (χ4n) is 4.43. The Bertz CT molecular complexity index is 902. The molecule has 6 heteroatoms. The van der Waals surface area contributed by atoms with Crippen molar-refractivity contribution < 1.29 is 9.90 Å². The van der Waals surface area contributed by atoms with Gasteiger partial charge in [0.25, 0.3) is 0 Å². The molecule has 5 atom stereocenters. The fourth-order valence-corrected chi connectivity index (χ4v) is 4.74. The van der Waals surface area contributed by atoms with E-state index in [-0.39, 0.29) is 23.8 Å². The first-order valence-corrected chi connectivity index (χ1v) is 11.0. The van der Waals surface area contributed by atoms with Crippen molar-refractivity contribution in [3.63, 3.8) is 0 Å². The molecular weight excluding hydrogens is 419 g/mol. The topological polar surface area (TPSA) is 62.2 Å². The number of rotatable bonds is 7. The number of carbonyl (C=O) groups excluding carboxylic acids is 1. The summed E-state index contributed by atoms with van der Waals surface area (Å²) in [6.07, 6.45) is 4.35. The highest BCUT2D eigenvalue weighted by molar-refractivity contribution is 6.30. The van der Waals surface area contributed by atoms with Crippen LogP contribution in [0.5, 0.6) is 0 Å². The predicted octanol–water partition coefficient (Wildman–Crippen LogP) is 5.70. The van der Waals surface area contributed by atoms with Crippen LogP contribution in [0.3, 0.4) is 0 Å². The number of pyridine rings is 1. The molecule has 160 valence electrons. The van der Waals surface area contributed by atoms with Gasteiger partial charge in [-0.05, 0) is 55.0 Å². The molecule has 1 aromatic carbocycles. The van der Waals surface area contributed by atoms with Crippen LogP contribution in [-0.4, -0.2) is 22.0 Å². The average Bonchev–Trinajstić information content (AvgIpc) is 2.70. The van der Waals surface area contributed by atoms with Gasteiger partial charge in [0.15, 0.2) is 0 Å². The van der Waals surface area contributed by atoms with E-state index in [2.05, 4.69) is 29.9 Å². The molecule has 1 aromatic heterocycles. The van der Waals surface area contributed by atoms with Crippen LogP contribution < -0.4 is 5.32 Å². The molecule has 0 spiro atoms. The number of nitrogens with one attached hydrogen (secondary N) is 1. The molecule has 30 heavy (non-hydrogen) atoms. The summed E-state index contributed by atoms with van der Waals surface area (Å²) in [6.45, 7) is 7.86. The summed E-state index contributed by atoms with van der Waals surface area (Å²) < 4.78 is 0. The third-order valence-electron chi connectivity index (χ3n) is 6.12. The second-order valence-electron chi connectivity index (χ2n) is 8.55. The number of piperidine rings is 1. The minimum absolute atomic E-state index is 0.0127. The van der Waals surface area contributed by atoms with Crippen molar-refractivity contribution in [2.75, 3.05) is 0 Å². The Morgan fingerprint density at radius 3 is 2.73 bits per heavy atom. The molecule has 1 aliphatic heterocycles. The van der Waals surface area contributed by atoms with Crippen LogP contribution in [0.4, 0.5) is 0 Å². The molecule has 2 N–H and O–H groups in total. The SMILES string of the molecule is C=CCC1(C)C[C@H](c2cccc(Cl)c2)[C@H](C(C)C[C@H](O)c2ccc(Cl)cn2)NC1=O. The lowest BCUT2D eigenvalue weighted by molar-refractivity contribution is -0.135. The van der Waals surface area contributed by atoms with Crippen LogP contribution in [-0.2, 0) is 4.79 Å². The van der Waals surface area contributed by atoms with Gasteiger partial charge in [-0.15, -0.1) is 6.58 Å². The van der Waals surface area contributed by atoms with Crippen molar-refractivity contribution in [1.82, 2.24) is 10.3 Å². The fraction of sp³-hybridized carbons (Fsp3) is 0.417. The van der Waals surface area contributed by atoms with E-state index in [1.165, 1.54) is 6.20 Å². The van der Waals surface area contributed by atoms with E-state index >= 15 is 0 Å². The Balaban J connectivity index is 1.86. The summed E-state index contributed by atoms with van der Waals surface area (Å²) in [5.41, 5.74) is 1.14. The number of halogens is 2. The number of aliphatic hydroxyl groups excluding tert-OH is 1. The van der Waals surface area contributed by atoms with Gasteiger partial charge in [-0.25, -0.2) is 0 Å². The third-order valence-corrected chi connectivity index (χ3v) is 6.58. The molecule has 3 rings (SSSR count). The van der Waals surface area contributed by atoms with Gasteiger partial charge in [-0.2, -0.15) is 0 Å². The molecule has 2 heterocycles. The number of nitrogens with zero attached hydrogens (tertiary/aromatic N) is 1. The molecule has 1 amide bonds. The molecule has 2 unspecified atom stereocenters. The molecule has 1 fully saturated rings. The molecule has 0 saturated carbocycles. The third kappa shape index (κ3) is 5.05. The lowest BCUT2D eigenvalue weighted by atomic mass is 9.67. The number of aromatic nitrogens is 1. The lowest BCUT2D eigenvalue weighted by Gasteiger charge is -2.45. The largest absolute Gasteiger partial charge is 0.387 e. The molecule has 0 bridgehead atoms. The average molecular weight is 447 g/mol. The quantitative estimate of drug-likeness (QED) is 0.535. The van der Waals surface area contributed by atoms with Crippen molar-refractivity contribution >= 4 is 29.1 Å². The van der Waals surface area contributed by atoms with E-state index in [0.29, 0.717) is 35.0 Å². The van der Waals surface area contributed by atoms with Gasteiger partial charge < -0.3 is 10.4 Å². The summed E-state index contributed by atoms with van der Waals surface area (Å²) in [7, 11) is 0. The maximum atomic E-state index is 13.0. The van der Waals surface area contributed by atoms with Gasteiger partial charge in [0.2, 0.25) is 5.91 Å². The summed E-state index contributed by atoms with van der Waals surface area (Å²) >= 11 is 12.2. The highest BCUT2D eigenvalue weighted by atomic mass is 35.5. The second-order valence-corrected chi connectivity index (χ2v) is 9.42. The Morgan fingerprint density at radius 2 is 2.10 bits per heavy atom. The van der Waals surface area contributed by atoms with E-state index in [0.717, 1.165) is 5.56 Å². The van der Waals surface area contributed by atoms with E-state index in [1.54, 1.807) is 18.2 Å². The minimum atomic E-state index is -0.740. The molecule has 0 radical (unpaired) electrons. The second kappa shape index (κ2) is 9.51. The summed E-state index contributed by atoms with van der Waals surface area (Å²) in [5.74, 6) is 0.113. The normalized spacial score (nSPS) is 26.0. The molecule has 2 aromatic rings. The Hall–Kier alpha value is -1.88. The summed E-state index contributed by atoms with van der Waals surface area (Å²) in [5, 5.41) is 15.2. The van der Waals surface area contributed by atoms with Crippen molar-refractivity contribution in [3.05, 3.63) is 76.6 Å². The van der Waals surface area contributed by atoms with Gasteiger partial charge in [-0.1, -0.05) is 55.3 Å². The number of aliphatic hydroxyl groups is 1. The molecule has 0 aliphatic carbocycles. The smallest absolute Gasteiger partial charge is 0.226 e. The van der Waals surface area contributed by atoms with Gasteiger partial charge in [0.1, 0.15) is 0 Å². The van der Waals surface area contributed by atoms with Gasteiger partial charge in [0, 0.05) is 23.2 Å². The Labute approximate surface area is 188 Å². The van der Waals surface area contributed by atoms with Crippen molar-refractivity contribution in [2.24, 2.45) is 11.3 Å². The van der Waals surface area contributed by atoms with Crippen LogP contribution in [0, 0.1) is 11.3 Å². The first-order chi connectivity index (χ1) is 14.2. The van der Waals surface area contributed by atoms with Gasteiger partial charge in [-0.3, -0.25) is 9.78 Å². The van der Waals surface area contributed by atoms with Crippen LogP contribution in [0.15, 0.2) is 55.3 Å².